The Labute approximate surface area is 118 Å². The van der Waals surface area contributed by atoms with Crippen LogP contribution in [-0.4, -0.2) is 26.4 Å². The van der Waals surface area contributed by atoms with Crippen LogP contribution >= 0.6 is 0 Å². The van der Waals surface area contributed by atoms with E-state index < -0.39 is 6.10 Å². The molecule has 0 spiro atoms. The highest BCUT2D eigenvalue weighted by Gasteiger charge is 2.20. The minimum atomic E-state index is -0.546. The van der Waals surface area contributed by atoms with Crippen LogP contribution in [0.1, 0.15) is 36.4 Å². The number of aliphatic hydroxyl groups is 1. The summed E-state index contributed by atoms with van der Waals surface area (Å²) in [6.07, 6.45) is 3.55. The SMILES string of the molecule is CCCn1ncnc1CC(O)c1cccc2c1NCC2. The molecule has 5 heteroatoms. The Balaban J connectivity index is 1.81. The van der Waals surface area contributed by atoms with Gasteiger partial charge in [-0.05, 0) is 18.4 Å². The molecule has 2 aromatic rings. The predicted molar refractivity (Wildman–Crippen MR) is 77.6 cm³/mol. The molecule has 1 aromatic carbocycles. The molecule has 0 radical (unpaired) electrons. The fraction of sp³-hybridized carbons (Fsp3) is 0.467. The molecule has 1 aliphatic rings. The molecule has 5 nitrogen and oxygen atoms in total. The van der Waals surface area contributed by atoms with Crippen LogP contribution in [-0.2, 0) is 19.4 Å². The lowest BCUT2D eigenvalue weighted by molar-refractivity contribution is 0.174. The van der Waals surface area contributed by atoms with E-state index in [0.29, 0.717) is 6.42 Å². The largest absolute Gasteiger partial charge is 0.388 e. The Morgan fingerprint density at radius 1 is 1.45 bits per heavy atom. The molecule has 3 rings (SSSR count). The summed E-state index contributed by atoms with van der Waals surface area (Å²) in [7, 11) is 0. The maximum atomic E-state index is 10.5. The van der Waals surface area contributed by atoms with Crippen molar-refractivity contribution in [3.8, 4) is 0 Å². The third kappa shape index (κ3) is 2.41. The molecule has 1 atom stereocenters. The summed E-state index contributed by atoms with van der Waals surface area (Å²) in [4.78, 5) is 4.27. The number of rotatable bonds is 5. The van der Waals surface area contributed by atoms with E-state index in [1.807, 2.05) is 16.8 Å². The second-order valence-corrected chi connectivity index (χ2v) is 5.18. The number of fused-ring (bicyclic) bond motifs is 1. The van der Waals surface area contributed by atoms with E-state index in [4.69, 9.17) is 0 Å². The highest BCUT2D eigenvalue weighted by Crippen LogP contribution is 2.31. The number of anilines is 1. The Morgan fingerprint density at radius 2 is 2.35 bits per heavy atom. The Bertz CT molecular complexity index is 593. The zero-order valence-corrected chi connectivity index (χ0v) is 11.7. The summed E-state index contributed by atoms with van der Waals surface area (Å²) in [5.74, 6) is 0.843. The first-order valence-corrected chi connectivity index (χ1v) is 7.20. The van der Waals surface area contributed by atoms with E-state index in [2.05, 4.69) is 28.4 Å². The second-order valence-electron chi connectivity index (χ2n) is 5.18. The number of hydrogen-bond acceptors (Lipinski definition) is 4. The smallest absolute Gasteiger partial charge is 0.138 e. The monoisotopic (exact) mass is 272 g/mol. The molecule has 0 saturated carbocycles. The summed E-state index contributed by atoms with van der Waals surface area (Å²) in [6.45, 7) is 3.90. The summed E-state index contributed by atoms with van der Waals surface area (Å²) >= 11 is 0. The summed E-state index contributed by atoms with van der Waals surface area (Å²) in [5, 5.41) is 18.1. The van der Waals surface area contributed by atoms with Gasteiger partial charge in [-0.25, -0.2) is 4.98 Å². The van der Waals surface area contributed by atoms with Gasteiger partial charge >= 0.3 is 0 Å². The van der Waals surface area contributed by atoms with Crippen molar-refractivity contribution < 1.29 is 5.11 Å². The molecule has 106 valence electrons. The van der Waals surface area contributed by atoms with Gasteiger partial charge in [-0.15, -0.1) is 0 Å². The molecule has 2 N–H and O–H groups in total. The molecular formula is C15H20N4O. The molecule has 0 saturated heterocycles. The van der Waals surface area contributed by atoms with E-state index >= 15 is 0 Å². The number of aryl methyl sites for hydroxylation is 1. The van der Waals surface area contributed by atoms with Gasteiger partial charge in [-0.2, -0.15) is 5.10 Å². The average Bonchev–Trinajstić information content (AvgIpc) is 3.08. The first kappa shape index (κ1) is 13.1. The molecule has 1 aliphatic heterocycles. The van der Waals surface area contributed by atoms with Gasteiger partial charge in [0.05, 0.1) is 6.10 Å². The Kier molecular flexibility index (Phi) is 3.69. The lowest BCUT2D eigenvalue weighted by Gasteiger charge is -2.15. The van der Waals surface area contributed by atoms with Crippen LogP contribution in [0.15, 0.2) is 24.5 Å². The Hall–Kier alpha value is -1.88. The van der Waals surface area contributed by atoms with Gasteiger partial charge in [-0.3, -0.25) is 4.68 Å². The molecule has 1 unspecified atom stereocenters. The highest BCUT2D eigenvalue weighted by molar-refractivity contribution is 5.61. The third-order valence-electron chi connectivity index (χ3n) is 3.75. The van der Waals surface area contributed by atoms with Gasteiger partial charge in [0.15, 0.2) is 0 Å². The van der Waals surface area contributed by atoms with Crippen molar-refractivity contribution in [3.63, 3.8) is 0 Å². The van der Waals surface area contributed by atoms with Crippen molar-refractivity contribution in [2.45, 2.75) is 38.8 Å². The number of aliphatic hydroxyl groups excluding tert-OH is 1. The van der Waals surface area contributed by atoms with Crippen molar-refractivity contribution in [2.24, 2.45) is 0 Å². The highest BCUT2D eigenvalue weighted by atomic mass is 16.3. The summed E-state index contributed by atoms with van der Waals surface area (Å²) in [6, 6.07) is 6.12. The molecule has 0 fully saturated rings. The quantitative estimate of drug-likeness (QED) is 0.873. The van der Waals surface area contributed by atoms with Crippen molar-refractivity contribution in [2.75, 3.05) is 11.9 Å². The van der Waals surface area contributed by atoms with Gasteiger partial charge in [0, 0.05) is 30.8 Å². The number of nitrogens with one attached hydrogen (secondary N) is 1. The number of benzene rings is 1. The van der Waals surface area contributed by atoms with Crippen LogP contribution in [0.2, 0.25) is 0 Å². The van der Waals surface area contributed by atoms with Crippen LogP contribution in [0.5, 0.6) is 0 Å². The average molecular weight is 272 g/mol. The number of hydrogen-bond donors (Lipinski definition) is 2. The predicted octanol–water partition coefficient (Wildman–Crippen LogP) is 1.93. The van der Waals surface area contributed by atoms with E-state index in [-0.39, 0.29) is 0 Å². The van der Waals surface area contributed by atoms with Gasteiger partial charge in [0.25, 0.3) is 0 Å². The standard InChI is InChI=1S/C15H20N4O/c1-2-8-19-14(17-10-18-19)9-13(20)12-5-3-4-11-6-7-16-15(11)12/h3-5,10,13,16,20H,2,6-9H2,1H3. The lowest BCUT2D eigenvalue weighted by atomic mass is 10.0. The summed E-state index contributed by atoms with van der Waals surface area (Å²) < 4.78 is 1.87. The topological polar surface area (TPSA) is 63.0 Å². The van der Waals surface area contributed by atoms with Crippen LogP contribution in [0, 0.1) is 0 Å². The van der Waals surface area contributed by atoms with E-state index in [0.717, 1.165) is 43.0 Å². The molecule has 1 aromatic heterocycles. The zero-order valence-electron chi connectivity index (χ0n) is 11.7. The van der Waals surface area contributed by atoms with Gasteiger partial charge < -0.3 is 10.4 Å². The van der Waals surface area contributed by atoms with Crippen LogP contribution in [0.25, 0.3) is 0 Å². The van der Waals surface area contributed by atoms with Crippen LogP contribution < -0.4 is 5.32 Å². The van der Waals surface area contributed by atoms with Crippen molar-refractivity contribution in [3.05, 3.63) is 41.5 Å². The van der Waals surface area contributed by atoms with Crippen LogP contribution in [0.4, 0.5) is 5.69 Å². The molecule has 0 aliphatic carbocycles. The van der Waals surface area contributed by atoms with E-state index in [1.54, 1.807) is 6.33 Å². The van der Waals surface area contributed by atoms with Crippen LogP contribution in [0.3, 0.4) is 0 Å². The van der Waals surface area contributed by atoms with Gasteiger partial charge in [-0.1, -0.05) is 25.1 Å². The first-order valence-electron chi connectivity index (χ1n) is 7.20. The minimum absolute atomic E-state index is 0.498. The van der Waals surface area contributed by atoms with E-state index in [1.165, 1.54) is 5.56 Å². The maximum Gasteiger partial charge on any atom is 0.138 e. The first-order chi connectivity index (χ1) is 9.79. The normalized spacial score (nSPS) is 14.9. The van der Waals surface area contributed by atoms with Crippen molar-refractivity contribution >= 4 is 5.69 Å². The lowest BCUT2D eigenvalue weighted by Crippen LogP contribution is -2.11. The van der Waals surface area contributed by atoms with E-state index in [9.17, 15) is 5.11 Å². The van der Waals surface area contributed by atoms with Gasteiger partial charge in [0.1, 0.15) is 12.2 Å². The molecule has 2 heterocycles. The van der Waals surface area contributed by atoms with Crippen molar-refractivity contribution in [1.29, 1.82) is 0 Å². The van der Waals surface area contributed by atoms with Gasteiger partial charge in [0.2, 0.25) is 0 Å². The minimum Gasteiger partial charge on any atom is -0.388 e. The molecule has 0 amide bonds. The maximum absolute atomic E-state index is 10.5. The Morgan fingerprint density at radius 3 is 3.20 bits per heavy atom. The fourth-order valence-electron chi connectivity index (χ4n) is 2.77. The second kappa shape index (κ2) is 5.63. The fourth-order valence-corrected chi connectivity index (χ4v) is 2.77. The zero-order chi connectivity index (χ0) is 13.9. The number of para-hydroxylation sites is 1. The van der Waals surface area contributed by atoms with Crippen molar-refractivity contribution in [1.82, 2.24) is 14.8 Å². The molecule has 0 bridgehead atoms. The number of aromatic nitrogens is 3. The molecular weight excluding hydrogens is 252 g/mol. The number of nitrogens with zero attached hydrogens (tertiary/aromatic N) is 3. The summed E-state index contributed by atoms with van der Waals surface area (Å²) in [5.41, 5.74) is 3.35. The third-order valence-corrected chi connectivity index (χ3v) is 3.75. The molecule has 20 heavy (non-hydrogen) atoms.